The number of carbonyl (C=O) groups excluding carboxylic acids is 2. The highest BCUT2D eigenvalue weighted by atomic mass is 16.5. The van der Waals surface area contributed by atoms with Crippen molar-refractivity contribution in [1.29, 1.82) is 5.26 Å². The number of hydrogen-bond donors (Lipinski definition) is 1. The number of benzene rings is 1. The molecule has 1 fully saturated rings. The number of carbonyl (C=O) groups is 2. The Bertz CT molecular complexity index is 901. The summed E-state index contributed by atoms with van der Waals surface area (Å²) in [7, 11) is 0. The summed E-state index contributed by atoms with van der Waals surface area (Å²) in [5, 5.41) is 19.7. The van der Waals surface area contributed by atoms with Crippen LogP contribution in [0.5, 0.6) is 5.75 Å². The van der Waals surface area contributed by atoms with E-state index in [0.717, 1.165) is 0 Å². The lowest BCUT2D eigenvalue weighted by atomic mass is 10.1. The van der Waals surface area contributed by atoms with Crippen LogP contribution < -0.4 is 10.1 Å². The van der Waals surface area contributed by atoms with E-state index >= 15 is 0 Å². The van der Waals surface area contributed by atoms with Crippen molar-refractivity contribution in [2.45, 2.75) is 38.8 Å². The second-order valence-corrected chi connectivity index (χ2v) is 6.82. The summed E-state index contributed by atoms with van der Waals surface area (Å²) in [5.41, 5.74) is 1.18. The Morgan fingerprint density at radius 1 is 1.36 bits per heavy atom. The van der Waals surface area contributed by atoms with E-state index in [1.165, 1.54) is 4.90 Å². The topological polar surface area (TPSA) is 113 Å². The number of hydrogen-bond acceptors (Lipinski definition) is 6. The molecular formula is C19H22N6O3. The number of aromatic nitrogens is 3. The van der Waals surface area contributed by atoms with E-state index in [0.29, 0.717) is 36.5 Å². The van der Waals surface area contributed by atoms with Gasteiger partial charge in [-0.25, -0.2) is 9.48 Å². The molecule has 146 valence electrons. The number of rotatable bonds is 8. The molecule has 0 aliphatic carbocycles. The van der Waals surface area contributed by atoms with Crippen molar-refractivity contribution in [3.8, 4) is 11.8 Å². The van der Waals surface area contributed by atoms with Gasteiger partial charge in [-0.2, -0.15) is 5.26 Å². The number of imide groups is 1. The third-order valence-electron chi connectivity index (χ3n) is 4.36. The molecule has 3 rings (SSSR count). The Hall–Kier alpha value is -3.41. The molecule has 1 atom stereocenters. The van der Waals surface area contributed by atoms with Crippen LogP contribution in [0.3, 0.4) is 0 Å². The van der Waals surface area contributed by atoms with E-state index in [1.54, 1.807) is 35.1 Å². The van der Waals surface area contributed by atoms with Gasteiger partial charge in [0.25, 0.3) is 5.91 Å². The lowest BCUT2D eigenvalue weighted by Gasteiger charge is -2.13. The van der Waals surface area contributed by atoms with Gasteiger partial charge in [0.15, 0.2) is 0 Å². The van der Waals surface area contributed by atoms with Gasteiger partial charge in [0.2, 0.25) is 0 Å². The maximum atomic E-state index is 12.5. The fourth-order valence-corrected chi connectivity index (χ4v) is 2.86. The van der Waals surface area contributed by atoms with Crippen LogP contribution in [0.2, 0.25) is 0 Å². The van der Waals surface area contributed by atoms with Crippen molar-refractivity contribution in [2.75, 3.05) is 13.2 Å². The molecule has 2 heterocycles. The highest BCUT2D eigenvalue weighted by Crippen LogP contribution is 2.15. The van der Waals surface area contributed by atoms with E-state index < -0.39 is 12.1 Å². The zero-order valence-corrected chi connectivity index (χ0v) is 15.8. The monoisotopic (exact) mass is 382 g/mol. The van der Waals surface area contributed by atoms with E-state index in [2.05, 4.69) is 15.6 Å². The summed E-state index contributed by atoms with van der Waals surface area (Å²) in [6.45, 7) is 4.57. The number of urea groups is 1. The zero-order valence-electron chi connectivity index (χ0n) is 15.8. The molecule has 1 unspecified atom stereocenters. The number of ether oxygens (including phenoxy) is 1. The molecule has 3 amide bonds. The van der Waals surface area contributed by atoms with Crippen LogP contribution in [0.15, 0.2) is 30.5 Å². The summed E-state index contributed by atoms with van der Waals surface area (Å²) in [5.74, 6) is 0.318. The Balaban J connectivity index is 1.48. The summed E-state index contributed by atoms with van der Waals surface area (Å²) in [6, 6.07) is 8.04. The first-order valence-electron chi connectivity index (χ1n) is 9.13. The fourth-order valence-electron chi connectivity index (χ4n) is 2.86. The Kier molecular flexibility index (Phi) is 5.89. The Morgan fingerprint density at radius 2 is 2.18 bits per heavy atom. The third kappa shape index (κ3) is 4.46. The van der Waals surface area contributed by atoms with Gasteiger partial charge in [0, 0.05) is 25.2 Å². The summed E-state index contributed by atoms with van der Waals surface area (Å²) < 4.78 is 7.30. The third-order valence-corrected chi connectivity index (χ3v) is 4.36. The molecule has 1 aromatic carbocycles. The zero-order chi connectivity index (χ0) is 20.1. The van der Waals surface area contributed by atoms with Crippen LogP contribution in [0, 0.1) is 11.3 Å². The van der Waals surface area contributed by atoms with Crippen LogP contribution in [-0.2, 0) is 11.2 Å². The smallest absolute Gasteiger partial charge is 0.324 e. The lowest BCUT2D eigenvalue weighted by Crippen LogP contribution is -2.33. The van der Waals surface area contributed by atoms with Gasteiger partial charge < -0.3 is 10.1 Å². The molecule has 0 radical (unpaired) electrons. The normalized spacial score (nSPS) is 16.4. The number of nitrogens with one attached hydrogen (secondary N) is 1. The molecule has 1 saturated heterocycles. The van der Waals surface area contributed by atoms with E-state index in [-0.39, 0.29) is 18.5 Å². The molecule has 1 N–H and O–H groups in total. The first kappa shape index (κ1) is 19.4. The molecule has 1 aliphatic heterocycles. The van der Waals surface area contributed by atoms with E-state index in [1.807, 2.05) is 19.9 Å². The molecule has 9 nitrogen and oxygen atoms in total. The predicted molar refractivity (Wildman–Crippen MR) is 99.4 cm³/mol. The largest absolute Gasteiger partial charge is 0.493 e. The predicted octanol–water partition coefficient (Wildman–Crippen LogP) is 1.66. The van der Waals surface area contributed by atoms with Crippen molar-refractivity contribution in [3.05, 3.63) is 41.7 Å². The number of nitriles is 1. The molecular weight excluding hydrogens is 360 g/mol. The molecule has 1 aromatic heterocycles. The first-order valence-corrected chi connectivity index (χ1v) is 9.13. The van der Waals surface area contributed by atoms with Crippen LogP contribution in [-0.4, -0.2) is 51.0 Å². The van der Waals surface area contributed by atoms with Crippen LogP contribution in [0.1, 0.15) is 37.6 Å². The van der Waals surface area contributed by atoms with Crippen molar-refractivity contribution in [1.82, 2.24) is 25.2 Å². The molecule has 0 saturated carbocycles. The minimum Gasteiger partial charge on any atom is -0.493 e. The van der Waals surface area contributed by atoms with Gasteiger partial charge in [-0.1, -0.05) is 11.3 Å². The van der Waals surface area contributed by atoms with Crippen LogP contribution in [0.25, 0.3) is 0 Å². The summed E-state index contributed by atoms with van der Waals surface area (Å²) >= 11 is 0. The van der Waals surface area contributed by atoms with Gasteiger partial charge in [-0.15, -0.1) is 5.10 Å². The summed E-state index contributed by atoms with van der Waals surface area (Å²) in [6.07, 6.45) is 2.59. The van der Waals surface area contributed by atoms with Crippen molar-refractivity contribution in [3.63, 3.8) is 0 Å². The highest BCUT2D eigenvalue weighted by Gasteiger charge is 2.37. The Morgan fingerprint density at radius 3 is 2.89 bits per heavy atom. The standard InChI is InChI=1S/C19H22N6O3/c1-13(2)25-12-15(22-23-25)10-17-18(26)24(19(27)21-17)7-4-8-28-16-6-3-5-14(9-16)11-20/h3,5-6,9,12-13,17H,4,7-8,10H2,1-2H3,(H,21,27). The maximum Gasteiger partial charge on any atom is 0.324 e. The van der Waals surface area contributed by atoms with Crippen molar-refractivity contribution >= 4 is 11.9 Å². The minimum absolute atomic E-state index is 0.181. The van der Waals surface area contributed by atoms with Crippen molar-refractivity contribution < 1.29 is 14.3 Å². The fraction of sp³-hybridized carbons (Fsp3) is 0.421. The van der Waals surface area contributed by atoms with Gasteiger partial charge >= 0.3 is 6.03 Å². The number of amides is 3. The molecule has 28 heavy (non-hydrogen) atoms. The molecule has 0 bridgehead atoms. The minimum atomic E-state index is -0.627. The second kappa shape index (κ2) is 8.52. The maximum absolute atomic E-state index is 12.5. The van der Waals surface area contributed by atoms with E-state index in [9.17, 15) is 9.59 Å². The molecule has 1 aliphatic rings. The van der Waals surface area contributed by atoms with Gasteiger partial charge in [-0.3, -0.25) is 9.69 Å². The van der Waals surface area contributed by atoms with Crippen LogP contribution in [0.4, 0.5) is 4.79 Å². The van der Waals surface area contributed by atoms with Gasteiger partial charge in [0.1, 0.15) is 11.8 Å². The SMILES string of the molecule is CC(C)n1cc(CC2NC(=O)N(CCCOc3cccc(C#N)c3)C2=O)nn1. The lowest BCUT2D eigenvalue weighted by molar-refractivity contribution is -0.127. The van der Waals surface area contributed by atoms with E-state index in [4.69, 9.17) is 10.00 Å². The molecule has 9 heteroatoms. The van der Waals surface area contributed by atoms with Crippen molar-refractivity contribution in [2.24, 2.45) is 0 Å². The van der Waals surface area contributed by atoms with Gasteiger partial charge in [0.05, 0.1) is 23.9 Å². The van der Waals surface area contributed by atoms with Crippen LogP contribution >= 0.6 is 0 Å². The summed E-state index contributed by atoms with van der Waals surface area (Å²) in [4.78, 5) is 25.8. The average Bonchev–Trinajstić information content (AvgIpc) is 3.25. The number of nitrogens with zero attached hydrogens (tertiary/aromatic N) is 5. The second-order valence-electron chi connectivity index (χ2n) is 6.82. The highest BCUT2D eigenvalue weighted by molar-refractivity contribution is 6.04. The Labute approximate surface area is 162 Å². The molecule has 0 spiro atoms. The van der Waals surface area contributed by atoms with Gasteiger partial charge in [-0.05, 0) is 38.5 Å². The first-order chi connectivity index (χ1) is 13.5. The average molecular weight is 382 g/mol. The quantitative estimate of drug-likeness (QED) is 0.549. The molecule has 2 aromatic rings.